The van der Waals surface area contributed by atoms with E-state index in [0.29, 0.717) is 24.4 Å². The van der Waals surface area contributed by atoms with E-state index in [0.717, 1.165) is 18.7 Å². The van der Waals surface area contributed by atoms with Crippen molar-refractivity contribution in [3.63, 3.8) is 0 Å². The van der Waals surface area contributed by atoms with Gasteiger partial charge >= 0.3 is 0 Å². The molecule has 0 aromatic carbocycles. The summed E-state index contributed by atoms with van der Waals surface area (Å²) in [6, 6.07) is 0. The van der Waals surface area contributed by atoms with Gasteiger partial charge in [-0.25, -0.2) is 12.7 Å². The Morgan fingerprint density at radius 1 is 1.63 bits per heavy atom. The first kappa shape index (κ1) is 14.4. The smallest absolute Gasteiger partial charge is 0.211 e. The highest BCUT2D eigenvalue weighted by Gasteiger charge is 2.29. The fourth-order valence-electron chi connectivity index (χ4n) is 2.40. The minimum atomic E-state index is -3.15. The van der Waals surface area contributed by atoms with Gasteiger partial charge in [0.25, 0.3) is 0 Å². The number of hydrogen-bond donors (Lipinski definition) is 1. The Labute approximate surface area is 118 Å². The SMILES string of the molecule is C=CCn1c([C@H]2CCCN(S(C)(=O)=O)C2)n[nH]c1=S. The van der Waals surface area contributed by atoms with Gasteiger partial charge < -0.3 is 4.57 Å². The number of H-pyrrole nitrogens is 1. The number of hydrogen-bond acceptors (Lipinski definition) is 4. The minimum absolute atomic E-state index is 0.0800. The van der Waals surface area contributed by atoms with Crippen molar-refractivity contribution in [3.05, 3.63) is 23.3 Å². The number of nitrogens with one attached hydrogen (secondary N) is 1. The Kier molecular flexibility index (Phi) is 4.22. The highest BCUT2D eigenvalue weighted by Crippen LogP contribution is 2.26. The van der Waals surface area contributed by atoms with Crippen LogP contribution < -0.4 is 0 Å². The molecule has 1 fully saturated rings. The lowest BCUT2D eigenvalue weighted by atomic mass is 9.99. The molecule has 2 heterocycles. The largest absolute Gasteiger partial charge is 0.300 e. The summed E-state index contributed by atoms with van der Waals surface area (Å²) in [5, 5.41) is 7.02. The molecule has 0 aliphatic carbocycles. The molecule has 6 nitrogen and oxygen atoms in total. The zero-order valence-electron chi connectivity index (χ0n) is 10.9. The number of aromatic amines is 1. The van der Waals surface area contributed by atoms with Gasteiger partial charge in [-0.3, -0.25) is 5.10 Å². The molecule has 19 heavy (non-hydrogen) atoms. The van der Waals surface area contributed by atoms with Gasteiger partial charge in [0, 0.05) is 25.6 Å². The van der Waals surface area contributed by atoms with Crippen LogP contribution in [-0.4, -0.2) is 46.8 Å². The van der Waals surface area contributed by atoms with Gasteiger partial charge in [0.15, 0.2) is 4.77 Å². The van der Waals surface area contributed by atoms with Crippen LogP contribution in [0.4, 0.5) is 0 Å². The van der Waals surface area contributed by atoms with Gasteiger partial charge in [0.2, 0.25) is 10.0 Å². The molecular formula is C11H18N4O2S2. The van der Waals surface area contributed by atoms with Crippen LogP contribution in [0, 0.1) is 4.77 Å². The summed E-state index contributed by atoms with van der Waals surface area (Å²) in [5.74, 6) is 0.898. The summed E-state index contributed by atoms with van der Waals surface area (Å²) in [4.78, 5) is 0. The van der Waals surface area contributed by atoms with Crippen LogP contribution in [0.3, 0.4) is 0 Å². The van der Waals surface area contributed by atoms with Crippen molar-refractivity contribution in [1.29, 1.82) is 0 Å². The van der Waals surface area contributed by atoms with Crippen LogP contribution in [0.2, 0.25) is 0 Å². The zero-order valence-corrected chi connectivity index (χ0v) is 12.5. The van der Waals surface area contributed by atoms with Crippen molar-refractivity contribution >= 4 is 22.2 Å². The van der Waals surface area contributed by atoms with E-state index < -0.39 is 10.0 Å². The Morgan fingerprint density at radius 3 is 3.00 bits per heavy atom. The summed E-state index contributed by atoms with van der Waals surface area (Å²) in [6.07, 6.45) is 4.76. The molecule has 1 N–H and O–H groups in total. The standard InChI is InChI=1S/C11H18N4O2S2/c1-3-6-15-10(12-13-11(15)18)9-5-4-7-14(8-9)19(2,16)17/h3,9H,1,4-8H2,2H3,(H,13,18)/t9-/m0/s1. The van der Waals surface area contributed by atoms with Gasteiger partial charge in [-0.1, -0.05) is 6.08 Å². The molecule has 1 aliphatic rings. The normalized spacial score (nSPS) is 21.4. The Bertz CT molecular complexity index is 617. The Hall–Kier alpha value is -0.990. The third-order valence-electron chi connectivity index (χ3n) is 3.32. The lowest BCUT2D eigenvalue weighted by Gasteiger charge is -2.30. The number of piperidine rings is 1. The highest BCUT2D eigenvalue weighted by atomic mass is 32.2. The van der Waals surface area contributed by atoms with Crippen LogP contribution in [0.5, 0.6) is 0 Å². The topological polar surface area (TPSA) is 71.0 Å². The fourth-order valence-corrected chi connectivity index (χ4v) is 3.53. The van der Waals surface area contributed by atoms with Gasteiger partial charge in [-0.15, -0.1) is 6.58 Å². The van der Waals surface area contributed by atoms with Crippen molar-refractivity contribution in [2.45, 2.75) is 25.3 Å². The van der Waals surface area contributed by atoms with Crippen molar-refractivity contribution in [3.8, 4) is 0 Å². The number of allylic oxidation sites excluding steroid dienone is 1. The van der Waals surface area contributed by atoms with Crippen LogP contribution >= 0.6 is 12.2 Å². The molecule has 1 saturated heterocycles. The van der Waals surface area contributed by atoms with Gasteiger partial charge in [0.05, 0.1) is 6.26 Å². The van der Waals surface area contributed by atoms with E-state index in [9.17, 15) is 8.42 Å². The second-order valence-electron chi connectivity index (χ2n) is 4.75. The van der Waals surface area contributed by atoms with Gasteiger partial charge in [-0.2, -0.15) is 5.10 Å². The summed E-state index contributed by atoms with van der Waals surface area (Å²) in [6.45, 7) is 5.34. The molecule has 1 aromatic heterocycles. The lowest BCUT2D eigenvalue weighted by Crippen LogP contribution is -2.39. The maximum absolute atomic E-state index is 11.6. The summed E-state index contributed by atoms with van der Waals surface area (Å²) >= 11 is 5.18. The van der Waals surface area contributed by atoms with Crippen molar-refractivity contribution in [2.24, 2.45) is 0 Å². The van der Waals surface area contributed by atoms with E-state index in [1.54, 1.807) is 6.08 Å². The first-order valence-electron chi connectivity index (χ1n) is 6.14. The van der Waals surface area contributed by atoms with E-state index in [4.69, 9.17) is 12.2 Å². The zero-order chi connectivity index (χ0) is 14.0. The maximum Gasteiger partial charge on any atom is 0.211 e. The molecule has 1 aliphatic heterocycles. The third kappa shape index (κ3) is 3.13. The summed E-state index contributed by atoms with van der Waals surface area (Å²) in [5.41, 5.74) is 0. The molecule has 106 valence electrons. The molecule has 1 atom stereocenters. The second-order valence-corrected chi connectivity index (χ2v) is 7.12. The van der Waals surface area contributed by atoms with Gasteiger partial charge in [-0.05, 0) is 25.1 Å². The molecule has 0 radical (unpaired) electrons. The number of aromatic nitrogens is 3. The molecule has 0 unspecified atom stereocenters. The van der Waals surface area contributed by atoms with Gasteiger partial charge in [0.1, 0.15) is 5.82 Å². The van der Waals surface area contributed by atoms with Crippen molar-refractivity contribution < 1.29 is 8.42 Å². The summed E-state index contributed by atoms with van der Waals surface area (Å²) < 4.78 is 27.2. The highest BCUT2D eigenvalue weighted by molar-refractivity contribution is 7.88. The minimum Gasteiger partial charge on any atom is -0.300 e. The molecule has 0 bridgehead atoms. The number of nitrogens with zero attached hydrogens (tertiary/aromatic N) is 3. The average Bonchev–Trinajstić information content (AvgIpc) is 2.71. The Morgan fingerprint density at radius 2 is 2.37 bits per heavy atom. The van der Waals surface area contributed by atoms with Crippen molar-refractivity contribution in [1.82, 2.24) is 19.1 Å². The second kappa shape index (κ2) is 5.56. The maximum atomic E-state index is 11.6. The van der Waals surface area contributed by atoms with Crippen LogP contribution in [0.25, 0.3) is 0 Å². The van der Waals surface area contributed by atoms with E-state index in [1.807, 2.05) is 4.57 Å². The average molecular weight is 302 g/mol. The number of rotatable bonds is 4. The van der Waals surface area contributed by atoms with E-state index in [1.165, 1.54) is 10.6 Å². The quantitative estimate of drug-likeness (QED) is 0.671. The predicted molar refractivity (Wildman–Crippen MR) is 76.0 cm³/mol. The fraction of sp³-hybridized carbons (Fsp3) is 0.636. The molecule has 0 spiro atoms. The molecule has 0 amide bonds. The molecular weight excluding hydrogens is 284 g/mol. The monoisotopic (exact) mass is 302 g/mol. The van der Waals surface area contributed by atoms with E-state index in [2.05, 4.69) is 16.8 Å². The van der Waals surface area contributed by atoms with Crippen LogP contribution in [0.1, 0.15) is 24.6 Å². The molecule has 1 aromatic rings. The van der Waals surface area contributed by atoms with Crippen LogP contribution in [-0.2, 0) is 16.6 Å². The van der Waals surface area contributed by atoms with Crippen molar-refractivity contribution in [2.75, 3.05) is 19.3 Å². The first-order chi connectivity index (χ1) is 8.93. The summed E-state index contributed by atoms with van der Waals surface area (Å²) in [7, 11) is -3.15. The van der Waals surface area contributed by atoms with E-state index >= 15 is 0 Å². The first-order valence-corrected chi connectivity index (χ1v) is 8.40. The Balaban J connectivity index is 2.27. The molecule has 0 saturated carbocycles. The lowest BCUT2D eigenvalue weighted by molar-refractivity contribution is 0.307. The predicted octanol–water partition coefficient (Wildman–Crippen LogP) is 1.27. The number of sulfonamides is 1. The third-order valence-corrected chi connectivity index (χ3v) is 4.90. The van der Waals surface area contributed by atoms with Crippen LogP contribution in [0.15, 0.2) is 12.7 Å². The molecule has 8 heteroatoms. The van der Waals surface area contributed by atoms with E-state index in [-0.39, 0.29) is 5.92 Å². The molecule has 2 rings (SSSR count).